The van der Waals surface area contributed by atoms with Crippen molar-refractivity contribution >= 4 is 0 Å². The summed E-state index contributed by atoms with van der Waals surface area (Å²) in [5.41, 5.74) is 0. The largest absolute Gasteiger partial charge is 0.337 e. The highest BCUT2D eigenvalue weighted by atomic mass is 15.1. The average Bonchev–Trinajstić information content (AvgIpc) is 2.86. The molecule has 1 unspecified atom stereocenters. The monoisotopic (exact) mass is 263 g/mol. The Morgan fingerprint density at radius 2 is 2.05 bits per heavy atom. The van der Waals surface area contributed by atoms with Gasteiger partial charge in [0.25, 0.3) is 0 Å². The van der Waals surface area contributed by atoms with Gasteiger partial charge >= 0.3 is 0 Å². The quantitative estimate of drug-likeness (QED) is 0.848. The van der Waals surface area contributed by atoms with Crippen LogP contribution >= 0.6 is 0 Å². The van der Waals surface area contributed by atoms with Gasteiger partial charge in [0.1, 0.15) is 5.82 Å². The van der Waals surface area contributed by atoms with Gasteiger partial charge in [-0.25, -0.2) is 4.98 Å². The van der Waals surface area contributed by atoms with Gasteiger partial charge < -0.3 is 9.88 Å². The third-order valence-corrected chi connectivity index (χ3v) is 4.69. The zero-order chi connectivity index (χ0) is 13.7. The molecule has 3 heteroatoms. The van der Waals surface area contributed by atoms with E-state index in [1.807, 2.05) is 6.20 Å². The number of aryl methyl sites for hydroxylation is 1. The molecule has 0 aliphatic heterocycles. The fraction of sp³-hybridized carbons (Fsp3) is 0.812. The summed E-state index contributed by atoms with van der Waals surface area (Å²) in [4.78, 5) is 4.58. The lowest BCUT2D eigenvalue weighted by atomic mass is 9.77. The van der Waals surface area contributed by atoms with Crippen molar-refractivity contribution < 1.29 is 0 Å². The van der Waals surface area contributed by atoms with Crippen LogP contribution in [0.2, 0.25) is 0 Å². The van der Waals surface area contributed by atoms with Crippen molar-refractivity contribution in [1.29, 1.82) is 0 Å². The molecule has 2 rings (SSSR count). The Balaban J connectivity index is 2.04. The van der Waals surface area contributed by atoms with Gasteiger partial charge in [-0.1, -0.05) is 33.1 Å². The maximum absolute atomic E-state index is 4.58. The number of imidazole rings is 1. The second kappa shape index (κ2) is 7.09. The van der Waals surface area contributed by atoms with Crippen molar-refractivity contribution in [2.75, 3.05) is 6.54 Å². The summed E-state index contributed by atoms with van der Waals surface area (Å²) in [6.07, 6.45) is 12.0. The molecule has 1 aromatic rings. The predicted octanol–water partition coefficient (Wildman–Crippen LogP) is 3.68. The number of nitrogens with zero attached hydrogens (tertiary/aromatic N) is 2. The molecular formula is C16H29N3. The maximum Gasteiger partial charge on any atom is 0.125 e. The van der Waals surface area contributed by atoms with Crippen LogP contribution in [0.15, 0.2) is 12.4 Å². The molecule has 0 aromatic carbocycles. The van der Waals surface area contributed by atoms with E-state index in [0.717, 1.165) is 18.4 Å². The lowest BCUT2D eigenvalue weighted by Gasteiger charge is -2.34. The van der Waals surface area contributed by atoms with Gasteiger partial charge in [-0.15, -0.1) is 0 Å². The van der Waals surface area contributed by atoms with E-state index in [1.165, 1.54) is 44.3 Å². The summed E-state index contributed by atoms with van der Waals surface area (Å²) in [5, 5.41) is 3.73. The Hall–Kier alpha value is -0.830. The minimum absolute atomic E-state index is 0.442. The fourth-order valence-electron chi connectivity index (χ4n) is 3.38. The first-order chi connectivity index (χ1) is 9.26. The van der Waals surface area contributed by atoms with Gasteiger partial charge in [-0.05, 0) is 37.6 Å². The standard InChI is InChI=1S/C16H29N3/c1-4-10-17-15(16-18-11-12-19(16)3)14-8-6-13(5-2)7-9-14/h11-15,17H,4-10H2,1-3H3. The fourth-order valence-corrected chi connectivity index (χ4v) is 3.38. The van der Waals surface area contributed by atoms with Gasteiger partial charge in [-0.3, -0.25) is 0 Å². The Morgan fingerprint density at radius 3 is 2.58 bits per heavy atom. The van der Waals surface area contributed by atoms with Crippen LogP contribution in [-0.4, -0.2) is 16.1 Å². The first kappa shape index (κ1) is 14.6. The van der Waals surface area contributed by atoms with E-state index in [2.05, 4.69) is 42.0 Å². The first-order valence-corrected chi connectivity index (χ1v) is 7.96. The van der Waals surface area contributed by atoms with Crippen LogP contribution in [0.1, 0.15) is 64.2 Å². The zero-order valence-corrected chi connectivity index (χ0v) is 12.7. The minimum atomic E-state index is 0.442. The maximum atomic E-state index is 4.58. The number of hydrogen-bond acceptors (Lipinski definition) is 2. The number of nitrogens with one attached hydrogen (secondary N) is 1. The minimum Gasteiger partial charge on any atom is -0.337 e. The second-order valence-electron chi connectivity index (χ2n) is 6.02. The van der Waals surface area contributed by atoms with Crippen molar-refractivity contribution in [3.05, 3.63) is 18.2 Å². The van der Waals surface area contributed by atoms with Crippen LogP contribution in [0, 0.1) is 11.8 Å². The van der Waals surface area contributed by atoms with E-state index < -0.39 is 0 Å². The summed E-state index contributed by atoms with van der Waals surface area (Å²) in [6.45, 7) is 5.65. The van der Waals surface area contributed by atoms with E-state index in [0.29, 0.717) is 6.04 Å². The highest BCUT2D eigenvalue weighted by Gasteiger charge is 2.29. The zero-order valence-electron chi connectivity index (χ0n) is 12.7. The molecule has 1 aromatic heterocycles. The van der Waals surface area contributed by atoms with Gasteiger partial charge in [0.05, 0.1) is 6.04 Å². The highest BCUT2D eigenvalue weighted by Crippen LogP contribution is 2.37. The Bertz CT molecular complexity index is 364. The molecule has 1 fully saturated rings. The number of hydrogen-bond donors (Lipinski definition) is 1. The lowest BCUT2D eigenvalue weighted by Crippen LogP contribution is -2.33. The summed E-state index contributed by atoms with van der Waals surface area (Å²) in [7, 11) is 2.11. The van der Waals surface area contributed by atoms with Crippen molar-refractivity contribution in [3.63, 3.8) is 0 Å². The molecule has 3 nitrogen and oxygen atoms in total. The number of rotatable bonds is 6. The molecule has 1 aliphatic carbocycles. The van der Waals surface area contributed by atoms with Crippen molar-refractivity contribution in [2.24, 2.45) is 18.9 Å². The Morgan fingerprint density at radius 1 is 1.32 bits per heavy atom. The van der Waals surface area contributed by atoms with Gasteiger partial charge in [0, 0.05) is 19.4 Å². The topological polar surface area (TPSA) is 29.9 Å². The van der Waals surface area contributed by atoms with Crippen LogP contribution in [-0.2, 0) is 7.05 Å². The Labute approximate surface area is 117 Å². The average molecular weight is 263 g/mol. The molecular weight excluding hydrogens is 234 g/mol. The predicted molar refractivity (Wildman–Crippen MR) is 80.0 cm³/mol. The van der Waals surface area contributed by atoms with Crippen molar-refractivity contribution in [1.82, 2.24) is 14.9 Å². The molecule has 0 amide bonds. The normalized spacial score (nSPS) is 25.4. The SMILES string of the molecule is CCCNC(c1nccn1C)C1CCC(CC)CC1. The summed E-state index contributed by atoms with van der Waals surface area (Å²) in [6, 6.07) is 0.442. The van der Waals surface area contributed by atoms with Gasteiger partial charge in [0.15, 0.2) is 0 Å². The molecule has 1 heterocycles. The van der Waals surface area contributed by atoms with Crippen LogP contribution in [0.4, 0.5) is 0 Å². The molecule has 108 valence electrons. The molecule has 19 heavy (non-hydrogen) atoms. The van der Waals surface area contributed by atoms with Crippen molar-refractivity contribution in [2.45, 2.75) is 58.4 Å². The van der Waals surface area contributed by atoms with Crippen LogP contribution in [0.5, 0.6) is 0 Å². The Kier molecular flexibility index (Phi) is 5.44. The van der Waals surface area contributed by atoms with E-state index in [4.69, 9.17) is 0 Å². The van der Waals surface area contributed by atoms with E-state index in [9.17, 15) is 0 Å². The molecule has 1 N–H and O–H groups in total. The van der Waals surface area contributed by atoms with E-state index in [1.54, 1.807) is 0 Å². The van der Waals surface area contributed by atoms with Crippen LogP contribution < -0.4 is 5.32 Å². The molecule has 1 saturated carbocycles. The summed E-state index contributed by atoms with van der Waals surface area (Å²) >= 11 is 0. The number of aromatic nitrogens is 2. The first-order valence-electron chi connectivity index (χ1n) is 7.96. The molecule has 0 saturated heterocycles. The van der Waals surface area contributed by atoms with Gasteiger partial charge in [-0.2, -0.15) is 0 Å². The van der Waals surface area contributed by atoms with Crippen LogP contribution in [0.25, 0.3) is 0 Å². The third-order valence-electron chi connectivity index (χ3n) is 4.69. The van der Waals surface area contributed by atoms with E-state index in [-0.39, 0.29) is 0 Å². The van der Waals surface area contributed by atoms with Crippen LogP contribution in [0.3, 0.4) is 0 Å². The smallest absolute Gasteiger partial charge is 0.125 e. The highest BCUT2D eigenvalue weighted by molar-refractivity contribution is 5.02. The third kappa shape index (κ3) is 3.59. The molecule has 0 spiro atoms. The molecule has 0 bridgehead atoms. The molecule has 1 aliphatic rings. The van der Waals surface area contributed by atoms with Gasteiger partial charge in [0.2, 0.25) is 0 Å². The second-order valence-corrected chi connectivity index (χ2v) is 6.02. The lowest BCUT2D eigenvalue weighted by molar-refractivity contribution is 0.212. The molecule has 0 radical (unpaired) electrons. The summed E-state index contributed by atoms with van der Waals surface area (Å²) in [5.74, 6) is 2.94. The van der Waals surface area contributed by atoms with E-state index >= 15 is 0 Å². The van der Waals surface area contributed by atoms with Crippen molar-refractivity contribution in [3.8, 4) is 0 Å². The summed E-state index contributed by atoms with van der Waals surface area (Å²) < 4.78 is 2.18. The molecule has 1 atom stereocenters.